The summed E-state index contributed by atoms with van der Waals surface area (Å²) in [5, 5.41) is 12.4. The van der Waals surface area contributed by atoms with Crippen LogP contribution < -0.4 is 5.56 Å². The topological polar surface area (TPSA) is 94.3 Å². The second kappa shape index (κ2) is 8.23. The number of fused-ring (bicyclic) bond motifs is 1. The molecule has 1 aliphatic heterocycles. The van der Waals surface area contributed by atoms with Gasteiger partial charge in [0.15, 0.2) is 5.15 Å². The lowest BCUT2D eigenvalue weighted by Crippen LogP contribution is -2.23. The number of imidazole rings is 1. The Hall–Kier alpha value is -3.75. The molecule has 0 amide bonds. The fourth-order valence-corrected chi connectivity index (χ4v) is 4.98. The summed E-state index contributed by atoms with van der Waals surface area (Å²) in [6.07, 6.45) is 2.97. The first-order valence-electron chi connectivity index (χ1n) is 10.7. The van der Waals surface area contributed by atoms with Crippen LogP contribution in [-0.4, -0.2) is 34.7 Å². The van der Waals surface area contributed by atoms with Gasteiger partial charge in [0.05, 0.1) is 17.4 Å². The van der Waals surface area contributed by atoms with E-state index >= 15 is 0 Å². The van der Waals surface area contributed by atoms with Gasteiger partial charge in [0, 0.05) is 27.9 Å². The van der Waals surface area contributed by atoms with E-state index in [2.05, 4.69) is 25.5 Å². The highest BCUT2D eigenvalue weighted by atomic mass is 35.5. The molecule has 0 aliphatic carbocycles. The van der Waals surface area contributed by atoms with Gasteiger partial charge in [0.1, 0.15) is 12.2 Å². The number of aromatic amines is 1. The van der Waals surface area contributed by atoms with Crippen LogP contribution >= 0.6 is 23.2 Å². The largest absolute Gasteiger partial charge is 0.339 e. The van der Waals surface area contributed by atoms with Crippen LogP contribution in [-0.2, 0) is 6.42 Å². The van der Waals surface area contributed by atoms with Crippen LogP contribution in [0.15, 0.2) is 71.8 Å². The summed E-state index contributed by atoms with van der Waals surface area (Å²) in [5.74, 6) is 0.684. The zero-order valence-corrected chi connectivity index (χ0v) is 19.2. The Morgan fingerprint density at radius 1 is 1.00 bits per heavy atom. The van der Waals surface area contributed by atoms with Crippen LogP contribution in [0.4, 0.5) is 0 Å². The lowest BCUT2D eigenvalue weighted by atomic mass is 10.0. The third-order valence-electron chi connectivity index (χ3n) is 6.06. The van der Waals surface area contributed by atoms with Crippen molar-refractivity contribution in [2.45, 2.75) is 18.9 Å². The number of benzene rings is 2. The van der Waals surface area contributed by atoms with Crippen molar-refractivity contribution in [2.24, 2.45) is 0 Å². The minimum Gasteiger partial charge on any atom is -0.339 e. The number of tetrazole rings is 1. The van der Waals surface area contributed by atoms with E-state index in [-0.39, 0.29) is 11.6 Å². The molecule has 3 aromatic heterocycles. The van der Waals surface area contributed by atoms with Crippen molar-refractivity contribution in [3.63, 3.8) is 0 Å². The van der Waals surface area contributed by atoms with Crippen molar-refractivity contribution in [3.05, 3.63) is 98.9 Å². The van der Waals surface area contributed by atoms with E-state index in [4.69, 9.17) is 23.2 Å². The summed E-state index contributed by atoms with van der Waals surface area (Å²) in [4.78, 5) is 21.2. The second-order valence-corrected chi connectivity index (χ2v) is 8.86. The monoisotopic (exact) mass is 489 g/mol. The normalized spacial score (nSPS) is 14.9. The van der Waals surface area contributed by atoms with Gasteiger partial charge in [-0.05, 0) is 53.1 Å². The Bertz CT molecular complexity index is 1560. The van der Waals surface area contributed by atoms with E-state index < -0.39 is 0 Å². The number of nitrogens with zero attached hydrogens (tertiary/aromatic N) is 6. The SMILES string of the molecule is O=c1cc(-c2cc(Cl)ccc2-n2cnnn2)cc2n1[C@H](c1[nH]c(-c3ccccc3)nc1Cl)CC2. The number of nitrogens with one attached hydrogen (secondary N) is 1. The average Bonchev–Trinajstić information content (AvgIpc) is 3.59. The maximum atomic E-state index is 13.4. The van der Waals surface area contributed by atoms with Crippen molar-refractivity contribution in [1.29, 1.82) is 0 Å². The first-order chi connectivity index (χ1) is 16.6. The molecule has 0 spiro atoms. The van der Waals surface area contributed by atoms with Gasteiger partial charge in [-0.2, -0.15) is 4.68 Å². The summed E-state index contributed by atoms with van der Waals surface area (Å²) < 4.78 is 3.34. The quantitative estimate of drug-likeness (QED) is 0.393. The van der Waals surface area contributed by atoms with E-state index in [1.807, 2.05) is 48.5 Å². The molecule has 4 heterocycles. The Kier molecular flexibility index (Phi) is 5.04. The highest BCUT2D eigenvalue weighted by molar-refractivity contribution is 6.31. The molecule has 2 aromatic carbocycles. The van der Waals surface area contributed by atoms with Gasteiger partial charge in [-0.3, -0.25) is 4.79 Å². The molecule has 168 valence electrons. The molecule has 1 atom stereocenters. The van der Waals surface area contributed by atoms with E-state index in [1.54, 1.807) is 21.4 Å². The number of aromatic nitrogens is 7. The zero-order chi connectivity index (χ0) is 23.2. The van der Waals surface area contributed by atoms with Gasteiger partial charge >= 0.3 is 0 Å². The number of hydrogen-bond acceptors (Lipinski definition) is 5. The number of halogens is 2. The zero-order valence-electron chi connectivity index (χ0n) is 17.7. The highest BCUT2D eigenvalue weighted by Gasteiger charge is 2.29. The molecular formula is C24H17Cl2N7O. The predicted octanol–water partition coefficient (Wildman–Crippen LogP) is 4.72. The van der Waals surface area contributed by atoms with Gasteiger partial charge in [-0.15, -0.1) is 5.10 Å². The van der Waals surface area contributed by atoms with E-state index in [0.717, 1.165) is 46.6 Å². The molecule has 0 saturated carbocycles. The van der Waals surface area contributed by atoms with Crippen molar-refractivity contribution >= 4 is 23.2 Å². The fraction of sp³-hybridized carbons (Fsp3) is 0.125. The van der Waals surface area contributed by atoms with Gasteiger partial charge in [0.25, 0.3) is 5.56 Å². The number of hydrogen-bond donors (Lipinski definition) is 1. The Labute approximate surface area is 203 Å². The summed E-state index contributed by atoms with van der Waals surface area (Å²) >= 11 is 12.8. The maximum Gasteiger partial charge on any atom is 0.251 e. The third kappa shape index (κ3) is 3.52. The number of pyridine rings is 1. The van der Waals surface area contributed by atoms with Crippen LogP contribution in [0.3, 0.4) is 0 Å². The van der Waals surface area contributed by atoms with Crippen molar-refractivity contribution in [3.8, 4) is 28.2 Å². The maximum absolute atomic E-state index is 13.4. The van der Waals surface area contributed by atoms with E-state index in [1.165, 1.54) is 6.33 Å². The molecule has 6 rings (SSSR count). The fourth-order valence-electron chi connectivity index (χ4n) is 4.55. The van der Waals surface area contributed by atoms with Crippen molar-refractivity contribution in [1.82, 2.24) is 34.7 Å². The molecule has 0 saturated heterocycles. The molecule has 10 heteroatoms. The Morgan fingerprint density at radius 2 is 1.85 bits per heavy atom. The lowest BCUT2D eigenvalue weighted by Gasteiger charge is -2.15. The lowest BCUT2D eigenvalue weighted by molar-refractivity contribution is 0.588. The molecule has 1 N–H and O–H groups in total. The first kappa shape index (κ1) is 20.8. The first-order valence-corrected chi connectivity index (χ1v) is 11.4. The second-order valence-electron chi connectivity index (χ2n) is 8.07. The summed E-state index contributed by atoms with van der Waals surface area (Å²) in [5.41, 5.74) is 4.74. The smallest absolute Gasteiger partial charge is 0.251 e. The van der Waals surface area contributed by atoms with Crippen LogP contribution in [0.1, 0.15) is 23.9 Å². The number of aryl methyl sites for hydroxylation is 1. The molecular weight excluding hydrogens is 473 g/mol. The summed E-state index contributed by atoms with van der Waals surface area (Å²) in [6, 6.07) is 18.6. The van der Waals surface area contributed by atoms with Crippen molar-refractivity contribution < 1.29 is 0 Å². The van der Waals surface area contributed by atoms with Crippen LogP contribution in [0.5, 0.6) is 0 Å². The van der Waals surface area contributed by atoms with Gasteiger partial charge in [0.2, 0.25) is 0 Å². The molecule has 0 radical (unpaired) electrons. The standard InChI is InChI=1S/C24H17Cl2N7O/c25-16-6-8-19(32-13-27-30-31-32)18(12-16)15-10-17-7-9-20(33(17)21(34)11-15)22-23(26)29-24(28-22)14-4-2-1-3-5-14/h1-6,8,10-13,20H,7,9H2,(H,28,29)/t20-/m0/s1. The molecule has 1 aliphatic rings. The molecule has 0 bridgehead atoms. The minimum absolute atomic E-state index is 0.121. The minimum atomic E-state index is -0.215. The predicted molar refractivity (Wildman–Crippen MR) is 129 cm³/mol. The molecule has 0 fully saturated rings. The van der Waals surface area contributed by atoms with Gasteiger partial charge < -0.3 is 9.55 Å². The average molecular weight is 490 g/mol. The molecule has 8 nitrogen and oxygen atoms in total. The Morgan fingerprint density at radius 3 is 2.65 bits per heavy atom. The van der Waals surface area contributed by atoms with E-state index in [0.29, 0.717) is 16.0 Å². The highest BCUT2D eigenvalue weighted by Crippen LogP contribution is 2.36. The van der Waals surface area contributed by atoms with Crippen LogP contribution in [0.2, 0.25) is 10.2 Å². The number of H-pyrrole nitrogens is 1. The van der Waals surface area contributed by atoms with Crippen LogP contribution in [0, 0.1) is 0 Å². The number of rotatable bonds is 4. The van der Waals surface area contributed by atoms with Gasteiger partial charge in [-0.25, -0.2) is 4.98 Å². The van der Waals surface area contributed by atoms with Crippen molar-refractivity contribution in [2.75, 3.05) is 0 Å². The third-order valence-corrected chi connectivity index (χ3v) is 6.59. The molecule has 0 unspecified atom stereocenters. The van der Waals surface area contributed by atoms with Crippen LogP contribution in [0.25, 0.3) is 28.2 Å². The molecule has 34 heavy (non-hydrogen) atoms. The summed E-state index contributed by atoms with van der Waals surface area (Å²) in [6.45, 7) is 0. The summed E-state index contributed by atoms with van der Waals surface area (Å²) in [7, 11) is 0. The van der Waals surface area contributed by atoms with E-state index in [9.17, 15) is 4.79 Å². The van der Waals surface area contributed by atoms with Gasteiger partial charge in [-0.1, -0.05) is 53.5 Å². The molecule has 5 aromatic rings. The Balaban J connectivity index is 1.43.